The molecule has 94 valence electrons. The summed E-state index contributed by atoms with van der Waals surface area (Å²) in [4.78, 5) is 10.8. The van der Waals surface area contributed by atoms with Crippen LogP contribution in [0.3, 0.4) is 0 Å². The van der Waals surface area contributed by atoms with E-state index in [-0.39, 0.29) is 0 Å². The van der Waals surface area contributed by atoms with Gasteiger partial charge in [0.05, 0.1) is 11.9 Å². The number of likely N-dealkylation sites (N-methyl/N-ethyl adjacent to an activating group) is 1. The van der Waals surface area contributed by atoms with Crippen LogP contribution < -0.4 is 10.2 Å². The van der Waals surface area contributed by atoms with Gasteiger partial charge in [0, 0.05) is 26.3 Å². The number of hydrogen-bond acceptors (Lipinski definition) is 4. The molecule has 17 heavy (non-hydrogen) atoms. The second-order valence-electron chi connectivity index (χ2n) is 4.36. The minimum Gasteiger partial charge on any atom is -0.354 e. The zero-order valence-corrected chi connectivity index (χ0v) is 11.0. The van der Waals surface area contributed by atoms with Crippen molar-refractivity contribution in [2.75, 3.05) is 25.0 Å². The summed E-state index contributed by atoms with van der Waals surface area (Å²) >= 11 is 0. The first-order chi connectivity index (χ1) is 8.13. The second kappa shape index (κ2) is 7.01. The highest BCUT2D eigenvalue weighted by atomic mass is 15.2. The van der Waals surface area contributed by atoms with Gasteiger partial charge >= 0.3 is 0 Å². The topological polar surface area (TPSA) is 41.1 Å². The highest BCUT2D eigenvalue weighted by Crippen LogP contribution is 2.08. The van der Waals surface area contributed by atoms with Gasteiger partial charge < -0.3 is 10.2 Å². The molecule has 0 amide bonds. The zero-order chi connectivity index (χ0) is 12.7. The molecule has 1 aromatic rings. The van der Waals surface area contributed by atoms with Crippen molar-refractivity contribution in [2.45, 2.75) is 26.8 Å². The molecule has 0 saturated carbocycles. The molecule has 1 heterocycles. The fraction of sp³-hybridized carbons (Fsp3) is 0.538. The van der Waals surface area contributed by atoms with Gasteiger partial charge in [-0.05, 0) is 19.9 Å². The van der Waals surface area contributed by atoms with Gasteiger partial charge in [0.1, 0.15) is 5.82 Å². The lowest BCUT2D eigenvalue weighted by molar-refractivity contribution is 0.661. The first-order valence-electron chi connectivity index (χ1n) is 6.00. The maximum Gasteiger partial charge on any atom is 0.147 e. The van der Waals surface area contributed by atoms with Crippen LogP contribution in [0.25, 0.3) is 0 Å². The highest BCUT2D eigenvalue weighted by Gasteiger charge is 2.04. The number of aromatic nitrogens is 2. The van der Waals surface area contributed by atoms with E-state index >= 15 is 0 Å². The van der Waals surface area contributed by atoms with E-state index in [0.29, 0.717) is 0 Å². The molecule has 0 aliphatic carbocycles. The average molecular weight is 234 g/mol. The third-order valence-corrected chi connectivity index (χ3v) is 2.30. The molecule has 0 aliphatic heterocycles. The molecule has 0 saturated heterocycles. The Hall–Kier alpha value is -1.42. The van der Waals surface area contributed by atoms with Crippen LogP contribution in [-0.4, -0.2) is 30.1 Å². The van der Waals surface area contributed by atoms with E-state index in [2.05, 4.69) is 33.7 Å². The predicted octanol–water partition coefficient (Wildman–Crippen LogP) is 1.99. The van der Waals surface area contributed by atoms with Crippen LogP contribution in [0.1, 0.15) is 26.0 Å². The Kier molecular flexibility index (Phi) is 5.63. The molecule has 1 N–H and O–H groups in total. The van der Waals surface area contributed by atoms with Crippen LogP contribution in [0.2, 0.25) is 0 Å². The van der Waals surface area contributed by atoms with E-state index in [0.717, 1.165) is 43.1 Å². The quantitative estimate of drug-likeness (QED) is 0.578. The van der Waals surface area contributed by atoms with Crippen molar-refractivity contribution in [3.8, 4) is 0 Å². The molecule has 0 radical (unpaired) electrons. The van der Waals surface area contributed by atoms with Crippen LogP contribution in [0.5, 0.6) is 0 Å². The summed E-state index contributed by atoms with van der Waals surface area (Å²) in [5.41, 5.74) is 2.09. The Morgan fingerprint density at radius 2 is 2.24 bits per heavy atom. The molecule has 0 atom stereocenters. The van der Waals surface area contributed by atoms with E-state index in [4.69, 9.17) is 0 Å². The zero-order valence-electron chi connectivity index (χ0n) is 11.0. The number of nitrogens with zero attached hydrogens (tertiary/aromatic N) is 3. The van der Waals surface area contributed by atoms with Gasteiger partial charge in [-0.3, -0.25) is 4.98 Å². The summed E-state index contributed by atoms with van der Waals surface area (Å²) in [7, 11) is 2.00. The fourth-order valence-corrected chi connectivity index (χ4v) is 1.54. The van der Waals surface area contributed by atoms with Gasteiger partial charge in [0.15, 0.2) is 0 Å². The number of anilines is 1. The van der Waals surface area contributed by atoms with E-state index < -0.39 is 0 Å². The molecule has 4 heteroatoms. The van der Waals surface area contributed by atoms with Gasteiger partial charge in [0.2, 0.25) is 0 Å². The third-order valence-electron chi connectivity index (χ3n) is 2.30. The van der Waals surface area contributed by atoms with E-state index in [1.54, 1.807) is 12.4 Å². The van der Waals surface area contributed by atoms with Crippen molar-refractivity contribution in [3.05, 3.63) is 30.2 Å². The second-order valence-corrected chi connectivity index (χ2v) is 4.36. The van der Waals surface area contributed by atoms with Crippen molar-refractivity contribution in [3.63, 3.8) is 0 Å². The Balaban J connectivity index is 2.61. The Bertz CT molecular complexity index is 362. The summed E-state index contributed by atoms with van der Waals surface area (Å²) in [6, 6.07) is 0. The minimum atomic E-state index is 0.773. The monoisotopic (exact) mass is 234 g/mol. The summed E-state index contributed by atoms with van der Waals surface area (Å²) in [6.45, 7) is 10.6. The molecule has 4 nitrogen and oxygen atoms in total. The van der Waals surface area contributed by atoms with Crippen molar-refractivity contribution < 1.29 is 0 Å². The van der Waals surface area contributed by atoms with Crippen LogP contribution in [0.15, 0.2) is 24.5 Å². The van der Waals surface area contributed by atoms with E-state index in [1.165, 1.54) is 0 Å². The maximum atomic E-state index is 4.56. The number of nitrogens with one attached hydrogen (secondary N) is 1. The lowest BCUT2D eigenvalue weighted by atomic mass is 10.3. The normalized spacial score (nSPS) is 10.3. The van der Waals surface area contributed by atoms with Crippen LogP contribution in [0.4, 0.5) is 5.82 Å². The molecule has 0 aromatic carbocycles. The number of rotatable bonds is 7. The van der Waals surface area contributed by atoms with Crippen molar-refractivity contribution in [2.24, 2.45) is 0 Å². The van der Waals surface area contributed by atoms with Gasteiger partial charge in [-0.25, -0.2) is 4.98 Å². The van der Waals surface area contributed by atoms with Crippen LogP contribution in [0, 0.1) is 0 Å². The highest BCUT2D eigenvalue weighted by molar-refractivity contribution is 5.36. The van der Waals surface area contributed by atoms with Gasteiger partial charge in [-0.1, -0.05) is 19.1 Å². The third kappa shape index (κ3) is 4.95. The summed E-state index contributed by atoms with van der Waals surface area (Å²) < 4.78 is 0. The molecule has 0 aliphatic rings. The summed E-state index contributed by atoms with van der Waals surface area (Å²) in [6.07, 6.45) is 4.72. The molecular formula is C13H22N4. The van der Waals surface area contributed by atoms with Crippen LogP contribution in [-0.2, 0) is 6.54 Å². The molecule has 0 bridgehead atoms. The standard InChI is InChI=1S/C13H22N4/c1-5-6-14-7-12-8-15-9-13(16-12)17(4)10-11(2)3/h8-9,14H,2,5-7,10H2,1,3-4H3. The van der Waals surface area contributed by atoms with Gasteiger partial charge in [-0.2, -0.15) is 0 Å². The SMILES string of the molecule is C=C(C)CN(C)c1cncc(CNCCC)n1. The summed E-state index contributed by atoms with van der Waals surface area (Å²) in [5, 5.41) is 3.32. The minimum absolute atomic E-state index is 0.773. The molecule has 1 rings (SSSR count). The Morgan fingerprint density at radius 1 is 1.47 bits per heavy atom. The largest absolute Gasteiger partial charge is 0.354 e. The maximum absolute atomic E-state index is 4.56. The summed E-state index contributed by atoms with van der Waals surface area (Å²) in [5.74, 6) is 0.892. The lowest BCUT2D eigenvalue weighted by Crippen LogP contribution is -2.22. The molecular weight excluding hydrogens is 212 g/mol. The van der Waals surface area contributed by atoms with Crippen molar-refractivity contribution in [1.82, 2.24) is 15.3 Å². The Labute approximate surface area is 104 Å². The van der Waals surface area contributed by atoms with E-state index in [1.807, 2.05) is 14.0 Å². The van der Waals surface area contributed by atoms with Crippen molar-refractivity contribution >= 4 is 5.82 Å². The van der Waals surface area contributed by atoms with E-state index in [9.17, 15) is 0 Å². The first kappa shape index (κ1) is 13.6. The average Bonchev–Trinajstić information content (AvgIpc) is 2.29. The van der Waals surface area contributed by atoms with Crippen molar-refractivity contribution in [1.29, 1.82) is 0 Å². The Morgan fingerprint density at radius 3 is 2.88 bits per heavy atom. The molecule has 0 unspecified atom stereocenters. The van der Waals surface area contributed by atoms with Crippen LogP contribution >= 0.6 is 0 Å². The smallest absolute Gasteiger partial charge is 0.147 e. The first-order valence-corrected chi connectivity index (χ1v) is 6.00. The fourth-order valence-electron chi connectivity index (χ4n) is 1.54. The molecule has 0 spiro atoms. The molecule has 1 aromatic heterocycles. The number of hydrogen-bond donors (Lipinski definition) is 1. The molecule has 0 fully saturated rings. The van der Waals surface area contributed by atoms with Gasteiger partial charge in [0.25, 0.3) is 0 Å². The lowest BCUT2D eigenvalue weighted by Gasteiger charge is -2.18. The van der Waals surface area contributed by atoms with Gasteiger partial charge in [-0.15, -0.1) is 0 Å². The predicted molar refractivity (Wildman–Crippen MR) is 72.1 cm³/mol.